The molecule has 98 valence electrons. The van der Waals surface area contributed by atoms with Crippen LogP contribution >= 0.6 is 0 Å². The molecule has 2 rings (SSSR count). The van der Waals surface area contributed by atoms with Gasteiger partial charge in [-0.1, -0.05) is 0 Å². The average Bonchev–Trinajstić information content (AvgIpc) is 2.39. The Hall–Kier alpha value is -1.55. The molecule has 1 aliphatic rings. The lowest BCUT2D eigenvalue weighted by atomic mass is 10.2. The van der Waals surface area contributed by atoms with Gasteiger partial charge in [-0.3, -0.25) is 0 Å². The van der Waals surface area contributed by atoms with Gasteiger partial charge in [-0.2, -0.15) is 0 Å². The van der Waals surface area contributed by atoms with E-state index >= 15 is 0 Å². The minimum Gasteiger partial charge on any atom is -0.459 e. The number of hydrogen-bond donors (Lipinski definition) is 0. The normalized spacial score (nSPS) is 15.8. The van der Waals surface area contributed by atoms with Crippen LogP contribution in [0.3, 0.4) is 0 Å². The number of benzene rings is 1. The van der Waals surface area contributed by atoms with Gasteiger partial charge in [-0.25, -0.2) is 4.79 Å². The summed E-state index contributed by atoms with van der Waals surface area (Å²) in [6.07, 6.45) is -0.0866. The predicted molar refractivity (Wildman–Crippen MR) is 70.0 cm³/mol. The van der Waals surface area contributed by atoms with Gasteiger partial charge >= 0.3 is 5.97 Å². The predicted octanol–water partition coefficient (Wildman–Crippen LogP) is 2.09. The SMILES string of the molecule is CC(C)OC(=O)c1ccc(N2CCOCC2)cc1. The highest BCUT2D eigenvalue weighted by Gasteiger charge is 2.13. The van der Waals surface area contributed by atoms with E-state index in [1.165, 1.54) is 0 Å². The van der Waals surface area contributed by atoms with E-state index in [1.807, 2.05) is 38.1 Å². The van der Waals surface area contributed by atoms with Gasteiger partial charge in [0.15, 0.2) is 0 Å². The highest BCUT2D eigenvalue weighted by atomic mass is 16.5. The number of carbonyl (C=O) groups excluding carboxylic acids is 1. The summed E-state index contributed by atoms with van der Waals surface area (Å²) in [5.74, 6) is -0.265. The van der Waals surface area contributed by atoms with E-state index in [4.69, 9.17) is 9.47 Å². The minimum absolute atomic E-state index is 0.0866. The molecule has 0 radical (unpaired) electrons. The van der Waals surface area contributed by atoms with Crippen molar-refractivity contribution < 1.29 is 14.3 Å². The summed E-state index contributed by atoms with van der Waals surface area (Å²) in [5.41, 5.74) is 1.72. The van der Waals surface area contributed by atoms with E-state index in [2.05, 4.69) is 4.90 Å². The van der Waals surface area contributed by atoms with Crippen molar-refractivity contribution in [3.05, 3.63) is 29.8 Å². The summed E-state index contributed by atoms with van der Waals surface area (Å²) >= 11 is 0. The lowest BCUT2D eigenvalue weighted by molar-refractivity contribution is 0.0378. The standard InChI is InChI=1S/C14H19NO3/c1-11(2)18-14(16)12-3-5-13(6-4-12)15-7-9-17-10-8-15/h3-6,11H,7-10H2,1-2H3. The molecule has 1 aromatic rings. The molecule has 0 aromatic heterocycles. The van der Waals surface area contributed by atoms with Gasteiger partial charge in [-0.05, 0) is 38.1 Å². The number of rotatable bonds is 3. The lowest BCUT2D eigenvalue weighted by Crippen LogP contribution is -2.36. The van der Waals surface area contributed by atoms with Crippen molar-refractivity contribution in [1.82, 2.24) is 0 Å². The van der Waals surface area contributed by atoms with Crippen LogP contribution in [-0.2, 0) is 9.47 Å². The van der Waals surface area contributed by atoms with Crippen LogP contribution in [-0.4, -0.2) is 38.4 Å². The molecule has 0 amide bonds. The van der Waals surface area contributed by atoms with Gasteiger partial charge in [0.2, 0.25) is 0 Å². The van der Waals surface area contributed by atoms with Gasteiger partial charge in [0.25, 0.3) is 0 Å². The third-order valence-electron chi connectivity index (χ3n) is 2.82. The van der Waals surface area contributed by atoms with Crippen LogP contribution in [0, 0.1) is 0 Å². The zero-order chi connectivity index (χ0) is 13.0. The smallest absolute Gasteiger partial charge is 0.338 e. The van der Waals surface area contributed by atoms with E-state index < -0.39 is 0 Å². The first-order valence-electron chi connectivity index (χ1n) is 6.30. The molecule has 4 heteroatoms. The van der Waals surface area contributed by atoms with E-state index in [0.29, 0.717) is 5.56 Å². The molecular weight excluding hydrogens is 230 g/mol. The van der Waals surface area contributed by atoms with E-state index in [0.717, 1.165) is 32.0 Å². The Morgan fingerprint density at radius 1 is 1.22 bits per heavy atom. The van der Waals surface area contributed by atoms with Crippen molar-refractivity contribution in [3.8, 4) is 0 Å². The van der Waals surface area contributed by atoms with E-state index in [1.54, 1.807) is 0 Å². The Balaban J connectivity index is 2.02. The third-order valence-corrected chi connectivity index (χ3v) is 2.82. The molecule has 0 bridgehead atoms. The number of ether oxygens (including phenoxy) is 2. The first kappa shape index (κ1) is 12.9. The highest BCUT2D eigenvalue weighted by molar-refractivity contribution is 5.89. The van der Waals surface area contributed by atoms with Gasteiger partial charge in [-0.15, -0.1) is 0 Å². The molecule has 1 aromatic carbocycles. The van der Waals surface area contributed by atoms with Gasteiger partial charge in [0.1, 0.15) is 0 Å². The fraction of sp³-hybridized carbons (Fsp3) is 0.500. The summed E-state index contributed by atoms with van der Waals surface area (Å²) < 4.78 is 10.5. The summed E-state index contributed by atoms with van der Waals surface area (Å²) in [6, 6.07) is 7.55. The number of anilines is 1. The molecule has 1 fully saturated rings. The van der Waals surface area contributed by atoms with Gasteiger partial charge in [0.05, 0.1) is 24.9 Å². The maximum Gasteiger partial charge on any atom is 0.338 e. The molecule has 0 atom stereocenters. The Labute approximate surface area is 107 Å². The molecule has 0 spiro atoms. The molecular formula is C14H19NO3. The monoisotopic (exact) mass is 249 g/mol. The number of nitrogens with zero attached hydrogens (tertiary/aromatic N) is 1. The second-order valence-corrected chi connectivity index (χ2v) is 4.60. The average molecular weight is 249 g/mol. The molecule has 0 N–H and O–H groups in total. The molecule has 0 saturated carbocycles. The summed E-state index contributed by atoms with van der Waals surface area (Å²) in [6.45, 7) is 7.01. The molecule has 0 unspecified atom stereocenters. The van der Waals surface area contributed by atoms with Crippen LogP contribution in [0.1, 0.15) is 24.2 Å². The Morgan fingerprint density at radius 2 is 1.83 bits per heavy atom. The van der Waals surface area contributed by atoms with Crippen molar-refractivity contribution >= 4 is 11.7 Å². The molecule has 1 aliphatic heterocycles. The van der Waals surface area contributed by atoms with Crippen molar-refractivity contribution in [1.29, 1.82) is 0 Å². The van der Waals surface area contributed by atoms with Crippen molar-refractivity contribution in [2.45, 2.75) is 20.0 Å². The molecule has 4 nitrogen and oxygen atoms in total. The summed E-state index contributed by atoms with van der Waals surface area (Å²) in [7, 11) is 0. The molecule has 1 saturated heterocycles. The lowest BCUT2D eigenvalue weighted by Gasteiger charge is -2.28. The van der Waals surface area contributed by atoms with Crippen LogP contribution in [0.15, 0.2) is 24.3 Å². The van der Waals surface area contributed by atoms with Crippen molar-refractivity contribution in [3.63, 3.8) is 0 Å². The van der Waals surface area contributed by atoms with Gasteiger partial charge < -0.3 is 14.4 Å². The Bertz CT molecular complexity index is 394. The van der Waals surface area contributed by atoms with E-state index in [9.17, 15) is 4.79 Å². The van der Waals surface area contributed by atoms with Gasteiger partial charge in [0, 0.05) is 18.8 Å². The number of esters is 1. The maximum atomic E-state index is 11.7. The van der Waals surface area contributed by atoms with Crippen LogP contribution in [0.4, 0.5) is 5.69 Å². The summed E-state index contributed by atoms with van der Waals surface area (Å²) in [5, 5.41) is 0. The first-order chi connectivity index (χ1) is 8.66. The topological polar surface area (TPSA) is 38.8 Å². The second-order valence-electron chi connectivity index (χ2n) is 4.60. The first-order valence-corrected chi connectivity index (χ1v) is 6.30. The molecule has 1 heterocycles. The summed E-state index contributed by atoms with van der Waals surface area (Å²) in [4.78, 5) is 13.9. The highest BCUT2D eigenvalue weighted by Crippen LogP contribution is 2.17. The molecule has 18 heavy (non-hydrogen) atoms. The fourth-order valence-electron chi connectivity index (χ4n) is 1.91. The van der Waals surface area contributed by atoms with Crippen molar-refractivity contribution in [2.75, 3.05) is 31.2 Å². The van der Waals surface area contributed by atoms with E-state index in [-0.39, 0.29) is 12.1 Å². The zero-order valence-electron chi connectivity index (χ0n) is 10.9. The number of hydrogen-bond acceptors (Lipinski definition) is 4. The maximum absolute atomic E-state index is 11.7. The largest absolute Gasteiger partial charge is 0.459 e. The number of morpholine rings is 1. The third kappa shape index (κ3) is 3.23. The molecule has 0 aliphatic carbocycles. The van der Waals surface area contributed by atoms with Crippen LogP contribution in [0.5, 0.6) is 0 Å². The zero-order valence-corrected chi connectivity index (χ0v) is 10.9. The quantitative estimate of drug-likeness (QED) is 0.769. The Kier molecular flexibility index (Phi) is 4.20. The fourth-order valence-corrected chi connectivity index (χ4v) is 1.91. The number of carbonyl (C=O) groups is 1. The van der Waals surface area contributed by atoms with Crippen molar-refractivity contribution in [2.24, 2.45) is 0 Å². The van der Waals surface area contributed by atoms with Crippen LogP contribution < -0.4 is 4.90 Å². The minimum atomic E-state index is -0.265. The Morgan fingerprint density at radius 3 is 2.39 bits per heavy atom. The van der Waals surface area contributed by atoms with Crippen LogP contribution in [0.25, 0.3) is 0 Å². The second kappa shape index (κ2) is 5.87. The van der Waals surface area contributed by atoms with Crippen LogP contribution in [0.2, 0.25) is 0 Å².